The monoisotopic (exact) mass is 254 g/mol. The van der Waals surface area contributed by atoms with Crippen molar-refractivity contribution in [3.63, 3.8) is 0 Å². The van der Waals surface area contributed by atoms with Crippen LogP contribution in [0.1, 0.15) is 45.4 Å². The summed E-state index contributed by atoms with van der Waals surface area (Å²) in [4.78, 5) is 2.52. The molecule has 0 aromatic carbocycles. The standard InChI is InChI=1S/C15H30N2O/c1-12-8-9-17(11-15(12)18-2)10-14(16)13-6-4-3-5-7-13/h12-15H,3-11,16H2,1-2H3. The summed E-state index contributed by atoms with van der Waals surface area (Å²) < 4.78 is 5.58. The van der Waals surface area contributed by atoms with Crippen LogP contribution in [-0.4, -0.2) is 43.8 Å². The van der Waals surface area contributed by atoms with E-state index in [1.165, 1.54) is 45.1 Å². The van der Waals surface area contributed by atoms with Gasteiger partial charge in [-0.2, -0.15) is 0 Å². The molecule has 106 valence electrons. The maximum absolute atomic E-state index is 6.42. The van der Waals surface area contributed by atoms with Crippen molar-refractivity contribution in [2.75, 3.05) is 26.7 Å². The first-order valence-corrected chi connectivity index (χ1v) is 7.71. The fraction of sp³-hybridized carbons (Fsp3) is 1.00. The van der Waals surface area contributed by atoms with Gasteiger partial charge in [-0.3, -0.25) is 4.90 Å². The molecule has 0 radical (unpaired) electrons. The van der Waals surface area contributed by atoms with E-state index in [1.54, 1.807) is 0 Å². The highest BCUT2D eigenvalue weighted by molar-refractivity contribution is 4.84. The molecule has 0 spiro atoms. The van der Waals surface area contributed by atoms with Gasteiger partial charge in [-0.05, 0) is 37.6 Å². The molecule has 2 rings (SSSR count). The molecular weight excluding hydrogens is 224 g/mol. The SMILES string of the molecule is COC1CN(CC(N)C2CCCCC2)CCC1C. The average molecular weight is 254 g/mol. The van der Waals surface area contributed by atoms with E-state index in [4.69, 9.17) is 10.5 Å². The third kappa shape index (κ3) is 3.69. The Bertz CT molecular complexity index is 241. The molecule has 3 nitrogen and oxygen atoms in total. The summed E-state index contributed by atoms with van der Waals surface area (Å²) in [7, 11) is 1.84. The van der Waals surface area contributed by atoms with Crippen molar-refractivity contribution in [2.45, 2.75) is 57.6 Å². The van der Waals surface area contributed by atoms with Gasteiger partial charge in [-0.15, -0.1) is 0 Å². The van der Waals surface area contributed by atoms with Crippen molar-refractivity contribution < 1.29 is 4.74 Å². The van der Waals surface area contributed by atoms with Crippen molar-refractivity contribution in [1.82, 2.24) is 4.90 Å². The first kappa shape index (κ1) is 14.3. The fourth-order valence-electron chi connectivity index (χ4n) is 3.58. The van der Waals surface area contributed by atoms with Gasteiger partial charge in [0.15, 0.2) is 0 Å². The maximum Gasteiger partial charge on any atom is 0.0724 e. The Morgan fingerprint density at radius 2 is 1.94 bits per heavy atom. The lowest BCUT2D eigenvalue weighted by Gasteiger charge is -2.39. The summed E-state index contributed by atoms with van der Waals surface area (Å²) in [5, 5.41) is 0. The molecule has 1 aliphatic heterocycles. The number of ether oxygens (including phenoxy) is 1. The first-order chi connectivity index (χ1) is 8.70. The van der Waals surface area contributed by atoms with Crippen molar-refractivity contribution >= 4 is 0 Å². The molecule has 2 aliphatic rings. The molecular formula is C15H30N2O. The van der Waals surface area contributed by atoms with Gasteiger partial charge in [0.25, 0.3) is 0 Å². The van der Waals surface area contributed by atoms with E-state index >= 15 is 0 Å². The number of likely N-dealkylation sites (tertiary alicyclic amines) is 1. The smallest absolute Gasteiger partial charge is 0.0724 e. The summed E-state index contributed by atoms with van der Waals surface area (Å²) in [6, 6.07) is 0.371. The second-order valence-corrected chi connectivity index (χ2v) is 6.36. The van der Waals surface area contributed by atoms with Gasteiger partial charge in [0.2, 0.25) is 0 Å². The predicted octanol–water partition coefficient (Wildman–Crippen LogP) is 2.25. The van der Waals surface area contributed by atoms with Crippen LogP contribution in [0.4, 0.5) is 0 Å². The molecule has 3 atom stereocenters. The van der Waals surface area contributed by atoms with E-state index in [0.717, 1.165) is 19.0 Å². The molecule has 1 saturated heterocycles. The first-order valence-electron chi connectivity index (χ1n) is 7.71. The minimum atomic E-state index is 0.371. The Balaban J connectivity index is 1.78. The summed E-state index contributed by atoms with van der Waals surface area (Å²) in [6.45, 7) is 5.63. The quantitative estimate of drug-likeness (QED) is 0.836. The maximum atomic E-state index is 6.42. The van der Waals surface area contributed by atoms with Gasteiger partial charge in [-0.1, -0.05) is 26.2 Å². The van der Waals surface area contributed by atoms with E-state index in [-0.39, 0.29) is 0 Å². The topological polar surface area (TPSA) is 38.5 Å². The minimum Gasteiger partial charge on any atom is -0.380 e. The minimum absolute atomic E-state index is 0.371. The number of hydrogen-bond donors (Lipinski definition) is 1. The predicted molar refractivity (Wildman–Crippen MR) is 75.6 cm³/mol. The van der Waals surface area contributed by atoms with Crippen molar-refractivity contribution in [3.8, 4) is 0 Å². The van der Waals surface area contributed by atoms with E-state index in [9.17, 15) is 0 Å². The zero-order chi connectivity index (χ0) is 13.0. The van der Waals surface area contributed by atoms with Crippen LogP contribution in [-0.2, 0) is 4.74 Å². The van der Waals surface area contributed by atoms with Gasteiger partial charge in [-0.25, -0.2) is 0 Å². The van der Waals surface area contributed by atoms with Crippen molar-refractivity contribution in [1.29, 1.82) is 0 Å². The molecule has 3 heteroatoms. The van der Waals surface area contributed by atoms with Crippen LogP contribution in [0.5, 0.6) is 0 Å². The molecule has 1 heterocycles. The zero-order valence-electron chi connectivity index (χ0n) is 12.1. The third-order valence-electron chi connectivity index (χ3n) is 5.00. The number of nitrogens with two attached hydrogens (primary N) is 1. The lowest BCUT2D eigenvalue weighted by molar-refractivity contribution is -0.00850. The van der Waals surface area contributed by atoms with Crippen LogP contribution in [0.25, 0.3) is 0 Å². The highest BCUT2D eigenvalue weighted by atomic mass is 16.5. The van der Waals surface area contributed by atoms with E-state index < -0.39 is 0 Å². The van der Waals surface area contributed by atoms with Gasteiger partial charge < -0.3 is 10.5 Å². The van der Waals surface area contributed by atoms with Crippen LogP contribution in [0.15, 0.2) is 0 Å². The van der Waals surface area contributed by atoms with Crippen LogP contribution >= 0.6 is 0 Å². The van der Waals surface area contributed by atoms with Crippen LogP contribution < -0.4 is 5.73 Å². The molecule has 0 amide bonds. The highest BCUT2D eigenvalue weighted by Crippen LogP contribution is 2.27. The van der Waals surface area contributed by atoms with Crippen molar-refractivity contribution in [3.05, 3.63) is 0 Å². The Morgan fingerprint density at radius 1 is 1.22 bits per heavy atom. The number of nitrogens with zero attached hydrogens (tertiary/aromatic N) is 1. The largest absolute Gasteiger partial charge is 0.380 e. The van der Waals surface area contributed by atoms with Gasteiger partial charge in [0.05, 0.1) is 6.10 Å². The highest BCUT2D eigenvalue weighted by Gasteiger charge is 2.28. The summed E-state index contributed by atoms with van der Waals surface area (Å²) in [5.74, 6) is 1.45. The molecule has 1 aliphatic carbocycles. The molecule has 0 aromatic rings. The third-order valence-corrected chi connectivity index (χ3v) is 5.00. The summed E-state index contributed by atoms with van der Waals surface area (Å²) >= 11 is 0. The Morgan fingerprint density at radius 3 is 2.61 bits per heavy atom. The summed E-state index contributed by atoms with van der Waals surface area (Å²) in [6.07, 6.45) is 8.52. The molecule has 18 heavy (non-hydrogen) atoms. The second kappa shape index (κ2) is 6.88. The fourth-order valence-corrected chi connectivity index (χ4v) is 3.58. The van der Waals surface area contributed by atoms with Gasteiger partial charge >= 0.3 is 0 Å². The van der Waals surface area contributed by atoms with Crippen LogP contribution in [0.2, 0.25) is 0 Å². The van der Waals surface area contributed by atoms with E-state index in [2.05, 4.69) is 11.8 Å². The lowest BCUT2D eigenvalue weighted by Crippen LogP contribution is -2.50. The molecule has 3 unspecified atom stereocenters. The average Bonchev–Trinajstić information content (AvgIpc) is 2.42. The molecule has 1 saturated carbocycles. The Hall–Kier alpha value is -0.120. The van der Waals surface area contributed by atoms with Gasteiger partial charge in [0, 0.05) is 26.2 Å². The zero-order valence-corrected chi connectivity index (χ0v) is 12.1. The normalized spacial score (nSPS) is 33.5. The number of piperidine rings is 1. The number of methoxy groups -OCH3 is 1. The second-order valence-electron chi connectivity index (χ2n) is 6.36. The lowest BCUT2D eigenvalue weighted by atomic mass is 9.83. The molecule has 2 N–H and O–H groups in total. The van der Waals surface area contributed by atoms with E-state index in [0.29, 0.717) is 18.1 Å². The molecule has 2 fully saturated rings. The van der Waals surface area contributed by atoms with Gasteiger partial charge in [0.1, 0.15) is 0 Å². The number of hydrogen-bond acceptors (Lipinski definition) is 3. The van der Waals surface area contributed by atoms with Crippen molar-refractivity contribution in [2.24, 2.45) is 17.6 Å². The van der Waals surface area contributed by atoms with E-state index in [1.807, 2.05) is 7.11 Å². The molecule has 0 bridgehead atoms. The Kier molecular flexibility index (Phi) is 5.46. The Labute approximate surface area is 112 Å². The van der Waals surface area contributed by atoms with Crippen LogP contribution in [0, 0.1) is 11.8 Å². The molecule has 0 aromatic heterocycles. The summed E-state index contributed by atoms with van der Waals surface area (Å²) in [5.41, 5.74) is 6.42. The van der Waals surface area contributed by atoms with Crippen LogP contribution in [0.3, 0.4) is 0 Å². The number of rotatable bonds is 4.